The second-order valence-electron chi connectivity index (χ2n) is 13.7. The van der Waals surface area contributed by atoms with Crippen LogP contribution in [0.1, 0.15) is 181 Å². The van der Waals surface area contributed by atoms with Crippen LogP contribution in [-0.2, 0) is 29.1 Å². The molecule has 0 aliphatic heterocycles. The van der Waals surface area contributed by atoms with Crippen molar-refractivity contribution in [3.8, 4) is 0 Å². The number of esters is 2. The lowest BCUT2D eigenvalue weighted by atomic mass is 10.1. The molecule has 0 amide bonds. The van der Waals surface area contributed by atoms with Gasteiger partial charge in [-0.2, -0.15) is 0 Å². The molecule has 0 N–H and O–H groups in total. The lowest BCUT2D eigenvalue weighted by Gasteiger charge is -2.23. The normalized spacial score (nSPS) is 12.6. The van der Waals surface area contributed by atoms with Gasteiger partial charge in [-0.25, -0.2) is 12.7 Å². The molecule has 1 unspecified atom stereocenters. The SMILES string of the molecule is CCCCCCCOC(=O)CCCCCCCN(CCCCCCCC(=O)OC(CCCC)CCCCC)CCCN(C)S(C)(=O)=O. The Bertz CT molecular complexity index is 838. The first-order valence-electron chi connectivity index (χ1n) is 19.6. The molecule has 0 aromatic heterocycles. The number of carbonyl (C=O) groups is 2. The topological polar surface area (TPSA) is 93.2 Å². The molecule has 9 heteroatoms. The van der Waals surface area contributed by atoms with E-state index < -0.39 is 10.0 Å². The maximum atomic E-state index is 12.4. The largest absolute Gasteiger partial charge is 0.466 e. The molecule has 1 atom stereocenters. The van der Waals surface area contributed by atoms with Gasteiger partial charge in [0.05, 0.1) is 12.9 Å². The van der Waals surface area contributed by atoms with Gasteiger partial charge in [-0.1, -0.05) is 111 Å². The number of sulfonamides is 1. The van der Waals surface area contributed by atoms with Crippen LogP contribution in [0.3, 0.4) is 0 Å². The summed E-state index contributed by atoms with van der Waals surface area (Å²) in [5.41, 5.74) is 0. The van der Waals surface area contributed by atoms with E-state index >= 15 is 0 Å². The Morgan fingerprint density at radius 3 is 1.62 bits per heavy atom. The summed E-state index contributed by atoms with van der Waals surface area (Å²) in [6.07, 6.45) is 27.5. The van der Waals surface area contributed by atoms with E-state index in [2.05, 4.69) is 25.7 Å². The first-order chi connectivity index (χ1) is 22.6. The van der Waals surface area contributed by atoms with Gasteiger partial charge in [0.2, 0.25) is 10.0 Å². The number of carbonyl (C=O) groups excluding carboxylic acids is 2. The maximum Gasteiger partial charge on any atom is 0.306 e. The van der Waals surface area contributed by atoms with Gasteiger partial charge < -0.3 is 14.4 Å². The van der Waals surface area contributed by atoms with E-state index in [1.165, 1.54) is 42.7 Å². The van der Waals surface area contributed by atoms with Crippen molar-refractivity contribution in [3.63, 3.8) is 0 Å². The summed E-state index contributed by atoms with van der Waals surface area (Å²) >= 11 is 0. The molecule has 0 heterocycles. The average Bonchev–Trinajstić information content (AvgIpc) is 3.03. The molecular formula is C38H76N2O6S. The molecule has 47 heavy (non-hydrogen) atoms. The van der Waals surface area contributed by atoms with E-state index in [-0.39, 0.29) is 18.0 Å². The molecular weight excluding hydrogens is 612 g/mol. The third-order valence-electron chi connectivity index (χ3n) is 9.04. The number of hydrogen-bond donors (Lipinski definition) is 0. The Labute approximate surface area is 291 Å². The van der Waals surface area contributed by atoms with Crippen LogP contribution in [0.15, 0.2) is 0 Å². The van der Waals surface area contributed by atoms with Crippen molar-refractivity contribution in [2.45, 2.75) is 187 Å². The van der Waals surface area contributed by atoms with Crippen molar-refractivity contribution in [2.75, 3.05) is 46.1 Å². The number of nitrogens with zero attached hydrogens (tertiary/aromatic N) is 2. The average molecular weight is 689 g/mol. The van der Waals surface area contributed by atoms with Crippen LogP contribution in [0.4, 0.5) is 0 Å². The van der Waals surface area contributed by atoms with E-state index in [1.807, 2.05) is 0 Å². The van der Waals surface area contributed by atoms with Crippen molar-refractivity contribution in [1.82, 2.24) is 9.21 Å². The van der Waals surface area contributed by atoms with Crippen molar-refractivity contribution in [1.29, 1.82) is 0 Å². The Balaban J connectivity index is 4.27. The van der Waals surface area contributed by atoms with E-state index in [0.717, 1.165) is 135 Å². The summed E-state index contributed by atoms with van der Waals surface area (Å²) in [7, 11) is -1.50. The van der Waals surface area contributed by atoms with Gasteiger partial charge in [0, 0.05) is 26.4 Å². The fourth-order valence-electron chi connectivity index (χ4n) is 5.81. The van der Waals surface area contributed by atoms with Crippen LogP contribution >= 0.6 is 0 Å². The third kappa shape index (κ3) is 30.6. The van der Waals surface area contributed by atoms with Crippen LogP contribution in [0, 0.1) is 0 Å². The van der Waals surface area contributed by atoms with Crippen molar-refractivity contribution in [3.05, 3.63) is 0 Å². The predicted octanol–water partition coefficient (Wildman–Crippen LogP) is 9.45. The summed E-state index contributed by atoms with van der Waals surface area (Å²) in [6, 6.07) is 0. The zero-order valence-electron chi connectivity index (χ0n) is 31.5. The number of rotatable bonds is 35. The molecule has 8 nitrogen and oxygen atoms in total. The number of ether oxygens (including phenoxy) is 2. The standard InChI is InChI=1S/C38H76N2O6S/c1-6-9-12-19-25-35-45-37(41)29-21-15-13-17-23-32-40(34-26-31-39(4)47(5,43)44)33-24-18-14-16-22-30-38(42)46-36(27-11-8-3)28-20-10-7-2/h36H,6-35H2,1-5H3. The summed E-state index contributed by atoms with van der Waals surface area (Å²) in [4.78, 5) is 26.9. The van der Waals surface area contributed by atoms with E-state index in [0.29, 0.717) is 26.0 Å². The fraction of sp³-hybridized carbons (Fsp3) is 0.947. The molecule has 280 valence electrons. The monoisotopic (exact) mass is 689 g/mol. The van der Waals surface area contributed by atoms with E-state index in [4.69, 9.17) is 9.47 Å². The smallest absolute Gasteiger partial charge is 0.306 e. The number of hydrogen-bond acceptors (Lipinski definition) is 7. The van der Waals surface area contributed by atoms with Gasteiger partial charge >= 0.3 is 11.9 Å². The van der Waals surface area contributed by atoms with Crippen molar-refractivity contribution < 1.29 is 27.5 Å². The fourth-order valence-corrected chi connectivity index (χ4v) is 6.27. The highest BCUT2D eigenvalue weighted by atomic mass is 32.2. The lowest BCUT2D eigenvalue weighted by molar-refractivity contribution is -0.150. The zero-order chi connectivity index (χ0) is 35.0. The molecule has 0 saturated heterocycles. The Hall–Kier alpha value is -1.19. The minimum atomic E-state index is -3.15. The molecule has 0 radical (unpaired) electrons. The van der Waals surface area contributed by atoms with Crippen molar-refractivity contribution >= 4 is 22.0 Å². The van der Waals surface area contributed by atoms with Gasteiger partial charge in [0.15, 0.2) is 0 Å². The van der Waals surface area contributed by atoms with Gasteiger partial charge in [-0.3, -0.25) is 9.59 Å². The molecule has 0 rings (SSSR count). The van der Waals surface area contributed by atoms with Gasteiger partial charge in [0.1, 0.15) is 6.10 Å². The molecule has 0 spiro atoms. The maximum absolute atomic E-state index is 12.4. The van der Waals surface area contributed by atoms with Crippen LogP contribution in [0.25, 0.3) is 0 Å². The molecule has 0 bridgehead atoms. The highest BCUT2D eigenvalue weighted by Crippen LogP contribution is 2.16. The second kappa shape index (κ2) is 32.0. The first-order valence-corrected chi connectivity index (χ1v) is 21.5. The summed E-state index contributed by atoms with van der Waals surface area (Å²) in [6.45, 7) is 10.6. The van der Waals surface area contributed by atoms with Gasteiger partial charge in [-0.05, 0) is 77.4 Å². The minimum absolute atomic E-state index is 0.0269. The molecule has 0 fully saturated rings. The molecule has 0 aromatic rings. The summed E-state index contributed by atoms with van der Waals surface area (Å²) < 4.78 is 36.2. The Morgan fingerprint density at radius 2 is 1.02 bits per heavy atom. The quantitative estimate of drug-likeness (QED) is 0.0484. The van der Waals surface area contributed by atoms with Crippen molar-refractivity contribution in [2.24, 2.45) is 0 Å². The van der Waals surface area contributed by atoms with Crippen LogP contribution < -0.4 is 0 Å². The molecule has 0 saturated carbocycles. The lowest BCUT2D eigenvalue weighted by Crippen LogP contribution is -2.32. The Morgan fingerprint density at radius 1 is 0.553 bits per heavy atom. The molecule has 0 aliphatic carbocycles. The van der Waals surface area contributed by atoms with Crippen LogP contribution in [0.5, 0.6) is 0 Å². The Kier molecular flexibility index (Phi) is 31.2. The highest BCUT2D eigenvalue weighted by molar-refractivity contribution is 7.88. The molecule has 0 aliphatic rings. The number of unbranched alkanes of at least 4 members (excludes halogenated alkanes) is 15. The summed E-state index contributed by atoms with van der Waals surface area (Å²) in [5, 5.41) is 0. The van der Waals surface area contributed by atoms with E-state index in [1.54, 1.807) is 7.05 Å². The van der Waals surface area contributed by atoms with Gasteiger partial charge in [0.25, 0.3) is 0 Å². The van der Waals surface area contributed by atoms with E-state index in [9.17, 15) is 18.0 Å². The summed E-state index contributed by atoms with van der Waals surface area (Å²) in [5.74, 6) is -0.0829. The van der Waals surface area contributed by atoms with Crippen LogP contribution in [0.2, 0.25) is 0 Å². The third-order valence-corrected chi connectivity index (χ3v) is 10.4. The minimum Gasteiger partial charge on any atom is -0.466 e. The first kappa shape index (κ1) is 45.8. The van der Waals surface area contributed by atoms with Gasteiger partial charge in [-0.15, -0.1) is 0 Å². The second-order valence-corrected chi connectivity index (χ2v) is 15.8. The highest BCUT2D eigenvalue weighted by Gasteiger charge is 2.14. The van der Waals surface area contributed by atoms with Crippen LogP contribution in [-0.4, -0.2) is 81.8 Å². The zero-order valence-corrected chi connectivity index (χ0v) is 32.4. The predicted molar refractivity (Wildman–Crippen MR) is 197 cm³/mol. The molecule has 0 aromatic carbocycles.